The second kappa shape index (κ2) is 9.04. The van der Waals surface area contributed by atoms with Gasteiger partial charge in [-0.2, -0.15) is 13.9 Å². The van der Waals surface area contributed by atoms with E-state index in [9.17, 15) is 26.7 Å². The molecule has 3 rings (SSSR count). The Morgan fingerprint density at radius 3 is 2.63 bits per heavy atom. The van der Waals surface area contributed by atoms with Crippen LogP contribution >= 0.6 is 0 Å². The van der Waals surface area contributed by atoms with Crippen molar-refractivity contribution in [3.8, 4) is 5.69 Å². The molecule has 0 aliphatic rings. The number of benzene rings is 2. The van der Waals surface area contributed by atoms with Gasteiger partial charge in [-0.25, -0.2) is 17.9 Å². The molecule has 0 radical (unpaired) electrons. The number of carbonyl (C=O) groups excluding carboxylic acids is 1. The van der Waals surface area contributed by atoms with E-state index in [1.54, 1.807) is 12.3 Å². The first-order chi connectivity index (χ1) is 14.3. The molecule has 0 atom stereocenters. The first-order valence-electron chi connectivity index (χ1n) is 8.70. The smallest absolute Gasteiger partial charge is 0.330 e. The number of carbonyl (C=O) groups is 1. The van der Waals surface area contributed by atoms with Crippen molar-refractivity contribution in [3.05, 3.63) is 77.9 Å². The van der Waals surface area contributed by atoms with Crippen molar-refractivity contribution in [2.75, 3.05) is 11.9 Å². The van der Waals surface area contributed by atoms with Crippen LogP contribution < -0.4 is 5.32 Å². The predicted octanol–water partition coefficient (Wildman–Crippen LogP) is 4.68. The average Bonchev–Trinajstić information content (AvgIpc) is 3.22. The molecule has 1 aromatic heterocycles. The standard InChI is InChI=1S/C20H16F5N3O2/c21-16-10-14(5-6-17(16)28-8-2-7-26-28)18(29)27-15-4-1-3-13(9-15)11-30-12-20(24,25)19(22)23/h1-10,19H,11-12H2,(H,27,29). The Labute approximate surface area is 168 Å². The summed E-state index contributed by atoms with van der Waals surface area (Å²) in [7, 11) is 0. The van der Waals surface area contributed by atoms with Crippen molar-refractivity contribution >= 4 is 11.6 Å². The summed E-state index contributed by atoms with van der Waals surface area (Å²) in [6, 6.07) is 11.5. The van der Waals surface area contributed by atoms with Gasteiger partial charge in [-0.05, 0) is 42.0 Å². The Morgan fingerprint density at radius 2 is 1.97 bits per heavy atom. The zero-order valence-corrected chi connectivity index (χ0v) is 15.4. The van der Waals surface area contributed by atoms with Crippen LogP contribution in [0, 0.1) is 5.82 Å². The SMILES string of the molecule is O=C(Nc1cccc(COCC(F)(F)C(F)F)c1)c1ccc(-n2cccn2)c(F)c1. The number of rotatable bonds is 8. The Balaban J connectivity index is 1.63. The quantitative estimate of drug-likeness (QED) is 0.533. The molecule has 10 heteroatoms. The molecule has 0 fully saturated rings. The van der Waals surface area contributed by atoms with E-state index in [4.69, 9.17) is 0 Å². The lowest BCUT2D eigenvalue weighted by Gasteiger charge is -2.15. The molecule has 30 heavy (non-hydrogen) atoms. The molecule has 0 aliphatic heterocycles. The fourth-order valence-electron chi connectivity index (χ4n) is 2.56. The van der Waals surface area contributed by atoms with Crippen LogP contribution in [0.2, 0.25) is 0 Å². The minimum absolute atomic E-state index is 0.0571. The van der Waals surface area contributed by atoms with E-state index in [1.165, 1.54) is 47.3 Å². The van der Waals surface area contributed by atoms with Crippen molar-refractivity contribution in [2.24, 2.45) is 0 Å². The number of hydrogen-bond donors (Lipinski definition) is 1. The molecular weight excluding hydrogens is 409 g/mol. The minimum atomic E-state index is -4.24. The van der Waals surface area contributed by atoms with Gasteiger partial charge < -0.3 is 10.1 Å². The van der Waals surface area contributed by atoms with Gasteiger partial charge in [0.25, 0.3) is 5.91 Å². The average molecular weight is 425 g/mol. The van der Waals surface area contributed by atoms with Crippen molar-refractivity contribution in [3.63, 3.8) is 0 Å². The van der Waals surface area contributed by atoms with E-state index in [0.717, 1.165) is 6.07 Å². The maximum atomic E-state index is 14.3. The number of aromatic nitrogens is 2. The van der Waals surface area contributed by atoms with Crippen molar-refractivity contribution < 1.29 is 31.5 Å². The molecule has 0 bridgehead atoms. The Hall–Kier alpha value is -3.27. The number of ether oxygens (including phenoxy) is 1. The summed E-state index contributed by atoms with van der Waals surface area (Å²) in [6.07, 6.45) is -0.767. The van der Waals surface area contributed by atoms with Gasteiger partial charge in [-0.15, -0.1) is 0 Å². The van der Waals surface area contributed by atoms with E-state index in [-0.39, 0.29) is 17.9 Å². The Morgan fingerprint density at radius 1 is 1.17 bits per heavy atom. The lowest BCUT2D eigenvalue weighted by molar-refractivity contribution is -0.168. The summed E-state index contributed by atoms with van der Waals surface area (Å²) in [5.74, 6) is -5.48. The van der Waals surface area contributed by atoms with Crippen LogP contribution in [0.4, 0.5) is 27.6 Å². The third kappa shape index (κ3) is 5.20. The fraction of sp³-hybridized carbons (Fsp3) is 0.200. The summed E-state index contributed by atoms with van der Waals surface area (Å²) >= 11 is 0. The highest BCUT2D eigenvalue weighted by Gasteiger charge is 2.40. The number of hydrogen-bond acceptors (Lipinski definition) is 3. The summed E-state index contributed by atoms with van der Waals surface area (Å²) in [6.45, 7) is -1.78. The van der Waals surface area contributed by atoms with E-state index >= 15 is 0 Å². The Kier molecular flexibility index (Phi) is 6.46. The topological polar surface area (TPSA) is 56.1 Å². The molecule has 3 aromatic rings. The summed E-state index contributed by atoms with van der Waals surface area (Å²) < 4.78 is 70.3. The van der Waals surface area contributed by atoms with Gasteiger partial charge in [0.2, 0.25) is 0 Å². The van der Waals surface area contributed by atoms with Gasteiger partial charge >= 0.3 is 12.3 Å². The summed E-state index contributed by atoms with van der Waals surface area (Å²) in [4.78, 5) is 12.4. The monoisotopic (exact) mass is 425 g/mol. The zero-order valence-electron chi connectivity index (χ0n) is 15.4. The molecule has 0 saturated carbocycles. The highest BCUT2D eigenvalue weighted by molar-refractivity contribution is 6.04. The van der Waals surface area contributed by atoms with Crippen LogP contribution in [0.25, 0.3) is 5.69 Å². The van der Waals surface area contributed by atoms with E-state index < -0.39 is 30.7 Å². The minimum Gasteiger partial charge on any atom is -0.370 e. The predicted molar refractivity (Wildman–Crippen MR) is 98.5 cm³/mol. The number of halogens is 5. The molecule has 0 spiro atoms. The van der Waals surface area contributed by atoms with Gasteiger partial charge in [-0.1, -0.05) is 12.1 Å². The normalized spacial score (nSPS) is 11.7. The summed E-state index contributed by atoms with van der Waals surface area (Å²) in [5.41, 5.74) is 0.925. The van der Waals surface area contributed by atoms with Crippen molar-refractivity contribution in [2.45, 2.75) is 19.0 Å². The fourth-order valence-corrected chi connectivity index (χ4v) is 2.56. The third-order valence-electron chi connectivity index (χ3n) is 4.03. The molecule has 158 valence electrons. The first kappa shape index (κ1) is 21.4. The maximum Gasteiger partial charge on any atom is 0.330 e. The molecule has 1 heterocycles. The van der Waals surface area contributed by atoms with Crippen LogP contribution in [-0.2, 0) is 11.3 Å². The van der Waals surface area contributed by atoms with E-state index in [2.05, 4.69) is 15.2 Å². The van der Waals surface area contributed by atoms with Crippen LogP contribution in [0.3, 0.4) is 0 Å². The second-order valence-electron chi connectivity index (χ2n) is 6.33. The second-order valence-corrected chi connectivity index (χ2v) is 6.33. The van der Waals surface area contributed by atoms with Crippen LogP contribution in [-0.4, -0.2) is 34.6 Å². The van der Waals surface area contributed by atoms with Crippen LogP contribution in [0.15, 0.2) is 60.9 Å². The molecular formula is C20H16F5N3O2. The number of alkyl halides is 4. The van der Waals surface area contributed by atoms with Crippen molar-refractivity contribution in [1.82, 2.24) is 9.78 Å². The maximum absolute atomic E-state index is 14.3. The first-order valence-corrected chi connectivity index (χ1v) is 8.70. The molecule has 0 saturated heterocycles. The van der Waals surface area contributed by atoms with Gasteiger partial charge in [-0.3, -0.25) is 4.79 Å². The molecule has 1 N–H and O–H groups in total. The largest absolute Gasteiger partial charge is 0.370 e. The molecule has 2 aromatic carbocycles. The van der Waals surface area contributed by atoms with E-state index in [1.807, 2.05) is 0 Å². The lowest BCUT2D eigenvalue weighted by atomic mass is 10.1. The lowest BCUT2D eigenvalue weighted by Crippen LogP contribution is -2.32. The molecule has 0 aliphatic carbocycles. The number of amides is 1. The number of nitrogens with one attached hydrogen (secondary N) is 1. The van der Waals surface area contributed by atoms with Gasteiger partial charge in [0.15, 0.2) is 0 Å². The highest BCUT2D eigenvalue weighted by Crippen LogP contribution is 2.23. The van der Waals surface area contributed by atoms with Gasteiger partial charge in [0.1, 0.15) is 18.1 Å². The zero-order chi connectivity index (χ0) is 21.7. The van der Waals surface area contributed by atoms with Gasteiger partial charge in [0, 0.05) is 23.6 Å². The molecule has 0 unspecified atom stereocenters. The number of anilines is 1. The van der Waals surface area contributed by atoms with E-state index in [0.29, 0.717) is 11.3 Å². The van der Waals surface area contributed by atoms with Crippen LogP contribution in [0.1, 0.15) is 15.9 Å². The highest BCUT2D eigenvalue weighted by atomic mass is 19.3. The third-order valence-corrected chi connectivity index (χ3v) is 4.03. The molecule has 5 nitrogen and oxygen atoms in total. The van der Waals surface area contributed by atoms with Crippen molar-refractivity contribution in [1.29, 1.82) is 0 Å². The number of nitrogens with zero attached hydrogens (tertiary/aromatic N) is 2. The van der Waals surface area contributed by atoms with Crippen LogP contribution in [0.5, 0.6) is 0 Å². The Bertz CT molecular complexity index is 1010. The molecule has 1 amide bonds. The summed E-state index contributed by atoms with van der Waals surface area (Å²) in [5, 5.41) is 6.48. The van der Waals surface area contributed by atoms with Gasteiger partial charge in [0.05, 0.1) is 6.61 Å².